The Kier molecular flexibility index (Phi) is 3.39. The number of guanidine groups is 1. The number of aliphatic imine (C=N–C) groups is 1. The van der Waals surface area contributed by atoms with Crippen molar-refractivity contribution in [3.05, 3.63) is 0 Å². The summed E-state index contributed by atoms with van der Waals surface area (Å²) in [5.41, 5.74) is 0. The Balaban J connectivity index is 2.35. The number of rotatable bonds is 3. The van der Waals surface area contributed by atoms with Gasteiger partial charge in [-0.1, -0.05) is 13.3 Å². The van der Waals surface area contributed by atoms with Crippen LogP contribution in [0.15, 0.2) is 4.99 Å². The molecule has 1 rings (SSSR count). The van der Waals surface area contributed by atoms with Gasteiger partial charge in [0.1, 0.15) is 0 Å². The van der Waals surface area contributed by atoms with Crippen LogP contribution in [0.3, 0.4) is 0 Å². The molecule has 0 amide bonds. The molecule has 0 radical (unpaired) electrons. The molecule has 0 atom stereocenters. The molecule has 4 nitrogen and oxygen atoms in total. The lowest BCUT2D eigenvalue weighted by Gasteiger charge is -2.17. The first-order valence-corrected chi connectivity index (χ1v) is 4.33. The molecule has 1 aliphatic rings. The minimum atomic E-state index is 0.742. The normalized spacial score (nSPS) is 15.7. The molecule has 0 aromatic heterocycles. The van der Waals surface area contributed by atoms with Crippen LogP contribution in [0.5, 0.6) is 0 Å². The second kappa shape index (κ2) is 4.60. The highest BCUT2D eigenvalue weighted by atomic mass is 15.3. The predicted molar refractivity (Wildman–Crippen MR) is 47.5 cm³/mol. The van der Waals surface area contributed by atoms with Crippen LogP contribution in [0, 0.1) is 11.5 Å². The molecule has 0 saturated carbocycles. The molecule has 1 N–H and O–H groups in total. The van der Waals surface area contributed by atoms with Crippen molar-refractivity contribution in [2.45, 2.75) is 19.8 Å². The fraction of sp³-hybridized carbons (Fsp3) is 0.750. The maximum absolute atomic E-state index is 8.40. The lowest BCUT2D eigenvalue weighted by molar-refractivity contribution is 0.435. The summed E-state index contributed by atoms with van der Waals surface area (Å²) in [6.45, 7) is 4.92. The first-order valence-electron chi connectivity index (χ1n) is 4.33. The zero-order valence-electron chi connectivity index (χ0n) is 7.38. The Hall–Kier alpha value is -1.24. The summed E-state index contributed by atoms with van der Waals surface area (Å²) in [4.78, 5) is 6.29. The number of hydrogen-bond acceptors (Lipinski definition) is 4. The number of hydrogen-bond donors (Lipinski definition) is 1. The summed E-state index contributed by atoms with van der Waals surface area (Å²) >= 11 is 0. The number of nitrogens with one attached hydrogen (secondary N) is 1. The van der Waals surface area contributed by atoms with Crippen LogP contribution in [-0.4, -0.2) is 30.5 Å². The predicted octanol–water partition coefficient (Wildman–Crippen LogP) is 0.529. The highest BCUT2D eigenvalue weighted by Crippen LogP contribution is 2.01. The summed E-state index contributed by atoms with van der Waals surface area (Å²) in [5, 5.41) is 11.0. The fourth-order valence-electron chi connectivity index (χ4n) is 1.22. The zero-order valence-corrected chi connectivity index (χ0v) is 7.38. The standard InChI is InChI=1S/C8H14N4/c1-2-3-5-12-6-4-10-8(12)11-7-9/h2-6H2,1H3,(H,10,11). The maximum Gasteiger partial charge on any atom is 0.207 e. The van der Waals surface area contributed by atoms with E-state index in [1.165, 1.54) is 6.42 Å². The second-order valence-corrected chi connectivity index (χ2v) is 2.78. The van der Waals surface area contributed by atoms with Crippen molar-refractivity contribution in [2.24, 2.45) is 4.99 Å². The van der Waals surface area contributed by atoms with Crippen molar-refractivity contribution >= 4 is 5.96 Å². The van der Waals surface area contributed by atoms with E-state index in [1.807, 2.05) is 6.19 Å². The third-order valence-electron chi connectivity index (χ3n) is 1.88. The van der Waals surface area contributed by atoms with Gasteiger partial charge in [-0.15, -0.1) is 0 Å². The molecule has 1 heterocycles. The molecule has 0 aliphatic carbocycles. The van der Waals surface area contributed by atoms with Crippen molar-refractivity contribution in [2.75, 3.05) is 19.6 Å². The molecule has 1 aliphatic heterocycles. The van der Waals surface area contributed by atoms with E-state index in [0.29, 0.717) is 0 Å². The van der Waals surface area contributed by atoms with Gasteiger partial charge in [-0.05, 0) is 6.42 Å². The van der Waals surface area contributed by atoms with Crippen LogP contribution in [0.4, 0.5) is 0 Å². The summed E-state index contributed by atoms with van der Waals surface area (Å²) in [7, 11) is 0. The highest BCUT2D eigenvalue weighted by Gasteiger charge is 2.14. The molecule has 0 spiro atoms. The summed E-state index contributed by atoms with van der Waals surface area (Å²) < 4.78 is 0. The van der Waals surface area contributed by atoms with Gasteiger partial charge in [0.2, 0.25) is 5.96 Å². The van der Waals surface area contributed by atoms with Crippen LogP contribution >= 0.6 is 0 Å². The molecule has 0 bridgehead atoms. The molecule has 0 aromatic carbocycles. The van der Waals surface area contributed by atoms with E-state index in [0.717, 1.165) is 32.0 Å². The van der Waals surface area contributed by atoms with Gasteiger partial charge in [0.15, 0.2) is 6.19 Å². The van der Waals surface area contributed by atoms with Gasteiger partial charge in [0.05, 0.1) is 6.54 Å². The van der Waals surface area contributed by atoms with Gasteiger partial charge in [-0.2, -0.15) is 5.26 Å². The molecular weight excluding hydrogens is 152 g/mol. The Morgan fingerprint density at radius 2 is 2.58 bits per heavy atom. The largest absolute Gasteiger partial charge is 0.340 e. The summed E-state index contributed by atoms with van der Waals surface area (Å²) in [6, 6.07) is 0. The van der Waals surface area contributed by atoms with E-state index in [4.69, 9.17) is 5.26 Å². The van der Waals surface area contributed by atoms with Crippen molar-refractivity contribution in [1.29, 1.82) is 5.26 Å². The molecule has 0 aromatic rings. The highest BCUT2D eigenvalue weighted by molar-refractivity contribution is 5.82. The molecule has 0 saturated heterocycles. The Labute approximate surface area is 72.9 Å². The lowest BCUT2D eigenvalue weighted by atomic mass is 10.3. The van der Waals surface area contributed by atoms with Gasteiger partial charge in [-0.3, -0.25) is 10.3 Å². The van der Waals surface area contributed by atoms with Gasteiger partial charge in [-0.25, -0.2) is 0 Å². The van der Waals surface area contributed by atoms with E-state index in [-0.39, 0.29) is 0 Å². The van der Waals surface area contributed by atoms with Gasteiger partial charge >= 0.3 is 0 Å². The van der Waals surface area contributed by atoms with Crippen molar-refractivity contribution in [1.82, 2.24) is 10.2 Å². The van der Waals surface area contributed by atoms with E-state index >= 15 is 0 Å². The summed E-state index contributed by atoms with van der Waals surface area (Å²) in [5.74, 6) is 0.742. The van der Waals surface area contributed by atoms with Gasteiger partial charge < -0.3 is 4.90 Å². The second-order valence-electron chi connectivity index (χ2n) is 2.78. The average molecular weight is 166 g/mol. The molecular formula is C8H14N4. The van der Waals surface area contributed by atoms with Crippen molar-refractivity contribution in [3.8, 4) is 6.19 Å². The van der Waals surface area contributed by atoms with Crippen LogP contribution < -0.4 is 5.32 Å². The fourth-order valence-corrected chi connectivity index (χ4v) is 1.22. The van der Waals surface area contributed by atoms with E-state index in [9.17, 15) is 0 Å². The van der Waals surface area contributed by atoms with Crippen LogP contribution in [0.25, 0.3) is 0 Å². The van der Waals surface area contributed by atoms with Gasteiger partial charge in [0.25, 0.3) is 0 Å². The number of nitrogens with zero attached hydrogens (tertiary/aromatic N) is 3. The van der Waals surface area contributed by atoms with E-state index in [2.05, 4.69) is 22.1 Å². The topological polar surface area (TPSA) is 51.4 Å². The minimum absolute atomic E-state index is 0.742. The summed E-state index contributed by atoms with van der Waals surface area (Å²) in [6.07, 6.45) is 4.23. The Morgan fingerprint density at radius 3 is 3.25 bits per heavy atom. The monoisotopic (exact) mass is 166 g/mol. The Morgan fingerprint density at radius 1 is 1.75 bits per heavy atom. The molecule has 0 unspecified atom stereocenters. The van der Waals surface area contributed by atoms with Crippen LogP contribution in [-0.2, 0) is 0 Å². The average Bonchev–Trinajstić information content (AvgIpc) is 2.50. The van der Waals surface area contributed by atoms with Crippen molar-refractivity contribution < 1.29 is 0 Å². The van der Waals surface area contributed by atoms with Crippen molar-refractivity contribution in [3.63, 3.8) is 0 Å². The molecule has 4 heteroatoms. The first-order chi connectivity index (χ1) is 5.88. The van der Waals surface area contributed by atoms with E-state index < -0.39 is 0 Å². The maximum atomic E-state index is 8.40. The number of unbranched alkanes of at least 4 members (excludes halogenated alkanes) is 1. The quantitative estimate of drug-likeness (QED) is 0.491. The molecule has 12 heavy (non-hydrogen) atoms. The minimum Gasteiger partial charge on any atom is -0.340 e. The van der Waals surface area contributed by atoms with Crippen LogP contribution in [0.1, 0.15) is 19.8 Å². The SMILES string of the molecule is CCCCN1CCN=C1NC#N. The van der Waals surface area contributed by atoms with Crippen LogP contribution in [0.2, 0.25) is 0 Å². The lowest BCUT2D eigenvalue weighted by Crippen LogP contribution is -2.36. The zero-order chi connectivity index (χ0) is 8.81. The third kappa shape index (κ3) is 2.12. The smallest absolute Gasteiger partial charge is 0.207 e. The van der Waals surface area contributed by atoms with E-state index in [1.54, 1.807) is 0 Å². The Bertz CT molecular complexity index is 204. The van der Waals surface area contributed by atoms with Gasteiger partial charge in [0, 0.05) is 13.1 Å². The molecule has 66 valence electrons. The number of nitriles is 1. The first kappa shape index (κ1) is 8.85. The third-order valence-corrected chi connectivity index (χ3v) is 1.88. The molecule has 0 fully saturated rings.